The predicted molar refractivity (Wildman–Crippen MR) is 56.2 cm³/mol. The van der Waals surface area contributed by atoms with Crippen molar-refractivity contribution in [1.29, 1.82) is 0 Å². The lowest BCUT2D eigenvalue weighted by molar-refractivity contribution is 0.397. The first-order chi connectivity index (χ1) is 6.15. The fourth-order valence-corrected chi connectivity index (χ4v) is 0.877. The van der Waals surface area contributed by atoms with Crippen LogP contribution in [0.4, 0.5) is 4.39 Å². The molecule has 0 amide bonds. The molecule has 1 nitrogen and oxygen atoms in total. The third-order valence-corrected chi connectivity index (χ3v) is 1.59. The van der Waals surface area contributed by atoms with Crippen molar-refractivity contribution in [3.8, 4) is 0 Å². The molecule has 72 valence electrons. The Morgan fingerprint density at radius 1 is 1.46 bits per heavy atom. The highest BCUT2D eigenvalue weighted by Crippen LogP contribution is 2.07. The van der Waals surface area contributed by atoms with Gasteiger partial charge in [0.1, 0.15) is 6.17 Å². The van der Waals surface area contributed by atoms with E-state index in [4.69, 9.17) is 0 Å². The molecule has 1 unspecified atom stereocenters. The van der Waals surface area contributed by atoms with Gasteiger partial charge in [0, 0.05) is 12.7 Å². The molecule has 1 N–H and O–H groups in total. The van der Waals surface area contributed by atoms with E-state index < -0.39 is 6.17 Å². The molecule has 0 aliphatic rings. The van der Waals surface area contributed by atoms with Crippen LogP contribution in [-0.4, -0.2) is 13.2 Å². The molecule has 0 aliphatic carbocycles. The van der Waals surface area contributed by atoms with Crippen molar-refractivity contribution in [2.24, 2.45) is 0 Å². The van der Waals surface area contributed by atoms with Crippen LogP contribution in [0.3, 0.4) is 0 Å². The van der Waals surface area contributed by atoms with Gasteiger partial charge in [-0.05, 0) is 18.6 Å². The Bertz CT molecular complexity index is 236. The van der Waals surface area contributed by atoms with Crippen LogP contribution in [0.5, 0.6) is 0 Å². The minimum Gasteiger partial charge on any atom is -0.389 e. The van der Waals surface area contributed by atoms with E-state index in [2.05, 4.69) is 18.5 Å². The molecule has 0 bridgehead atoms. The lowest BCUT2D eigenvalue weighted by atomic mass is 10.1. The summed E-state index contributed by atoms with van der Waals surface area (Å²) in [6.07, 6.45) is 5.77. The maximum atomic E-state index is 12.9. The van der Waals surface area contributed by atoms with Crippen LogP contribution in [0.1, 0.15) is 6.92 Å². The van der Waals surface area contributed by atoms with Crippen LogP contribution >= 0.6 is 0 Å². The van der Waals surface area contributed by atoms with Crippen molar-refractivity contribution in [2.45, 2.75) is 13.1 Å². The van der Waals surface area contributed by atoms with Crippen LogP contribution in [0, 0.1) is 0 Å². The molecule has 1 atom stereocenters. The van der Waals surface area contributed by atoms with Gasteiger partial charge in [0.05, 0.1) is 0 Å². The van der Waals surface area contributed by atoms with Gasteiger partial charge in [-0.3, -0.25) is 0 Å². The SMILES string of the molecule is C=C/C=C(C=C)\C=C(\NC)C(C)F. The Kier molecular flexibility index (Phi) is 5.60. The van der Waals surface area contributed by atoms with Crippen molar-refractivity contribution in [3.05, 3.63) is 48.7 Å². The predicted octanol–water partition coefficient (Wildman–Crippen LogP) is 2.75. The number of alkyl halides is 1. The Morgan fingerprint density at radius 2 is 2.08 bits per heavy atom. The molecule has 0 heterocycles. The molecule has 0 saturated heterocycles. The van der Waals surface area contributed by atoms with Gasteiger partial charge in [-0.1, -0.05) is 31.4 Å². The minimum absolute atomic E-state index is 0.535. The van der Waals surface area contributed by atoms with E-state index in [1.807, 2.05) is 0 Å². The zero-order valence-corrected chi connectivity index (χ0v) is 8.18. The van der Waals surface area contributed by atoms with E-state index in [-0.39, 0.29) is 0 Å². The summed E-state index contributed by atoms with van der Waals surface area (Å²) < 4.78 is 12.9. The Balaban J connectivity index is 4.74. The van der Waals surface area contributed by atoms with Crippen molar-refractivity contribution >= 4 is 0 Å². The molecular formula is C11H16FN. The van der Waals surface area contributed by atoms with E-state index in [0.29, 0.717) is 5.70 Å². The first-order valence-corrected chi connectivity index (χ1v) is 4.14. The lowest BCUT2D eigenvalue weighted by Crippen LogP contribution is -2.14. The summed E-state index contributed by atoms with van der Waals surface area (Å²) in [5.41, 5.74) is 1.37. The van der Waals surface area contributed by atoms with Gasteiger partial charge < -0.3 is 5.32 Å². The third-order valence-electron chi connectivity index (χ3n) is 1.59. The summed E-state index contributed by atoms with van der Waals surface area (Å²) >= 11 is 0. The zero-order valence-electron chi connectivity index (χ0n) is 8.18. The Morgan fingerprint density at radius 3 is 2.38 bits per heavy atom. The van der Waals surface area contributed by atoms with E-state index in [0.717, 1.165) is 5.57 Å². The largest absolute Gasteiger partial charge is 0.389 e. The van der Waals surface area contributed by atoms with E-state index >= 15 is 0 Å². The normalized spacial score (nSPS) is 15.0. The second-order valence-corrected chi connectivity index (χ2v) is 2.57. The maximum Gasteiger partial charge on any atom is 0.137 e. The highest BCUT2D eigenvalue weighted by atomic mass is 19.1. The molecule has 13 heavy (non-hydrogen) atoms. The standard InChI is InChI=1S/C11H16FN/c1-5-7-10(6-2)8-11(13-4)9(3)12/h5-9,13H,1-2H2,3-4H3/b10-7-,11-8+. The summed E-state index contributed by atoms with van der Waals surface area (Å²) in [5, 5.41) is 2.79. The molecule has 0 aromatic rings. The monoisotopic (exact) mass is 181 g/mol. The number of nitrogens with one attached hydrogen (secondary N) is 1. The average Bonchev–Trinajstić information content (AvgIpc) is 2.11. The van der Waals surface area contributed by atoms with Crippen molar-refractivity contribution in [1.82, 2.24) is 5.32 Å². The van der Waals surface area contributed by atoms with Gasteiger partial charge in [0.25, 0.3) is 0 Å². The van der Waals surface area contributed by atoms with Crippen LogP contribution in [0.15, 0.2) is 48.7 Å². The van der Waals surface area contributed by atoms with Gasteiger partial charge in [0.2, 0.25) is 0 Å². The third kappa shape index (κ3) is 4.31. The molecule has 0 aliphatic heterocycles. The van der Waals surface area contributed by atoms with Crippen LogP contribution < -0.4 is 5.32 Å². The number of rotatable bonds is 5. The smallest absolute Gasteiger partial charge is 0.137 e. The fourth-order valence-electron chi connectivity index (χ4n) is 0.877. The second kappa shape index (κ2) is 6.23. The quantitative estimate of drug-likeness (QED) is 0.643. The summed E-state index contributed by atoms with van der Waals surface area (Å²) in [6.45, 7) is 8.66. The van der Waals surface area contributed by atoms with Crippen LogP contribution in [-0.2, 0) is 0 Å². The zero-order chi connectivity index (χ0) is 10.3. The Labute approximate surface area is 79.3 Å². The number of hydrogen-bond donors (Lipinski definition) is 1. The molecule has 0 aromatic heterocycles. The molecule has 0 saturated carbocycles. The Hall–Kier alpha value is -1.31. The van der Waals surface area contributed by atoms with Crippen LogP contribution in [0.2, 0.25) is 0 Å². The highest BCUT2D eigenvalue weighted by Gasteiger charge is 2.03. The second-order valence-electron chi connectivity index (χ2n) is 2.57. The van der Waals surface area contributed by atoms with Gasteiger partial charge in [-0.25, -0.2) is 4.39 Å². The van der Waals surface area contributed by atoms with E-state index in [1.54, 1.807) is 31.4 Å². The molecule has 0 rings (SSSR count). The molecule has 0 fully saturated rings. The molecule has 0 spiro atoms. The number of allylic oxidation sites excluding steroid dienone is 6. The van der Waals surface area contributed by atoms with E-state index in [9.17, 15) is 4.39 Å². The minimum atomic E-state index is -1.00. The fraction of sp³-hybridized carbons (Fsp3) is 0.273. The van der Waals surface area contributed by atoms with Gasteiger partial charge in [-0.2, -0.15) is 0 Å². The van der Waals surface area contributed by atoms with Crippen molar-refractivity contribution in [3.63, 3.8) is 0 Å². The maximum absolute atomic E-state index is 12.9. The summed E-state index contributed by atoms with van der Waals surface area (Å²) in [4.78, 5) is 0. The van der Waals surface area contributed by atoms with Crippen molar-refractivity contribution < 1.29 is 4.39 Å². The summed E-state index contributed by atoms with van der Waals surface area (Å²) in [7, 11) is 1.69. The topological polar surface area (TPSA) is 12.0 Å². The van der Waals surface area contributed by atoms with E-state index in [1.165, 1.54) is 6.92 Å². The highest BCUT2D eigenvalue weighted by molar-refractivity contribution is 5.35. The molecule has 0 aromatic carbocycles. The van der Waals surface area contributed by atoms with Crippen LogP contribution in [0.25, 0.3) is 0 Å². The average molecular weight is 181 g/mol. The van der Waals surface area contributed by atoms with Gasteiger partial charge in [0.15, 0.2) is 0 Å². The van der Waals surface area contributed by atoms with Crippen molar-refractivity contribution in [2.75, 3.05) is 7.05 Å². The summed E-state index contributed by atoms with van der Waals surface area (Å²) in [6, 6.07) is 0. The molecule has 2 heteroatoms. The first-order valence-electron chi connectivity index (χ1n) is 4.14. The molecular weight excluding hydrogens is 165 g/mol. The number of hydrogen-bond acceptors (Lipinski definition) is 1. The number of halogens is 1. The molecule has 0 radical (unpaired) electrons. The summed E-state index contributed by atoms with van der Waals surface area (Å²) in [5.74, 6) is 0. The van der Waals surface area contributed by atoms with Gasteiger partial charge >= 0.3 is 0 Å². The lowest BCUT2D eigenvalue weighted by Gasteiger charge is -2.07. The van der Waals surface area contributed by atoms with Gasteiger partial charge in [-0.15, -0.1) is 0 Å². The first kappa shape index (κ1) is 11.7.